The first-order valence-electron chi connectivity index (χ1n) is 15.5. The molecule has 0 amide bonds. The molecule has 2 aromatic carbocycles. The smallest absolute Gasteiger partial charge is 0.295 e. The number of ether oxygens (including phenoxy) is 1. The molecule has 0 saturated carbocycles. The molecule has 6 nitrogen and oxygen atoms in total. The van der Waals surface area contributed by atoms with Crippen LogP contribution < -0.4 is 10.1 Å². The average molecular weight is 566 g/mol. The van der Waals surface area contributed by atoms with E-state index in [1.54, 1.807) is 0 Å². The topological polar surface area (TPSA) is 67.6 Å². The van der Waals surface area contributed by atoms with Gasteiger partial charge in [-0.2, -0.15) is 4.98 Å². The molecule has 1 fully saturated rings. The summed E-state index contributed by atoms with van der Waals surface area (Å²) in [7, 11) is 2.18. The molecule has 1 aliphatic heterocycles. The van der Waals surface area contributed by atoms with Gasteiger partial charge in [0, 0.05) is 19.0 Å². The van der Waals surface area contributed by atoms with Crippen LogP contribution in [0.5, 0.6) is 5.75 Å². The number of unbranched alkanes of at least 4 members (excludes halogenated alkanes) is 3. The molecular weight excluding hydrogens is 510 g/mol. The van der Waals surface area contributed by atoms with E-state index in [-0.39, 0.29) is 5.92 Å². The Balaban J connectivity index is 0.000000456. The van der Waals surface area contributed by atoms with Crippen molar-refractivity contribution in [2.75, 3.05) is 38.6 Å². The minimum absolute atomic E-state index is 0.255. The number of benzene rings is 2. The van der Waals surface area contributed by atoms with Gasteiger partial charge in [-0.3, -0.25) is 0 Å². The van der Waals surface area contributed by atoms with Gasteiger partial charge in [0.05, 0.1) is 6.61 Å². The number of hydrogen-bond donors (Lipinski definition) is 1. The molecular formula is C35H55N3O3. The van der Waals surface area contributed by atoms with Crippen molar-refractivity contribution in [1.29, 1.82) is 0 Å². The van der Waals surface area contributed by atoms with E-state index in [1.165, 1.54) is 37.8 Å². The maximum atomic E-state index is 9.74. The lowest BCUT2D eigenvalue weighted by molar-refractivity contribution is -0.110. The Morgan fingerprint density at radius 1 is 1.10 bits per heavy atom. The van der Waals surface area contributed by atoms with E-state index in [1.807, 2.05) is 44.2 Å². The Kier molecular flexibility index (Phi) is 15.5. The minimum Gasteiger partial charge on any atom is -0.494 e. The fourth-order valence-corrected chi connectivity index (χ4v) is 4.21. The van der Waals surface area contributed by atoms with Crippen LogP contribution in [0.25, 0.3) is 11.1 Å². The Labute approximate surface area is 249 Å². The van der Waals surface area contributed by atoms with Gasteiger partial charge in [0.1, 0.15) is 17.6 Å². The highest BCUT2D eigenvalue weighted by Crippen LogP contribution is 2.23. The fraction of sp³-hybridized carbons (Fsp3) is 0.600. The van der Waals surface area contributed by atoms with Gasteiger partial charge in [0.2, 0.25) is 0 Å². The number of oxazole rings is 1. The van der Waals surface area contributed by atoms with Crippen LogP contribution in [0.4, 0.5) is 6.01 Å². The number of nitrogens with one attached hydrogen (secondary N) is 1. The first-order chi connectivity index (χ1) is 19.6. The van der Waals surface area contributed by atoms with Crippen LogP contribution in [0, 0.1) is 17.3 Å². The third-order valence-electron chi connectivity index (χ3n) is 6.73. The van der Waals surface area contributed by atoms with E-state index in [2.05, 4.69) is 68.1 Å². The van der Waals surface area contributed by atoms with Gasteiger partial charge in [-0.25, -0.2) is 0 Å². The predicted octanol–water partition coefficient (Wildman–Crippen LogP) is 8.66. The second-order valence-corrected chi connectivity index (χ2v) is 13.0. The van der Waals surface area contributed by atoms with Gasteiger partial charge in [-0.1, -0.05) is 78.6 Å². The highest BCUT2D eigenvalue weighted by atomic mass is 16.5. The number of likely N-dealkylation sites (tertiary alicyclic amines) is 1. The summed E-state index contributed by atoms with van der Waals surface area (Å²) in [5.41, 5.74) is 3.64. The molecule has 41 heavy (non-hydrogen) atoms. The molecule has 0 radical (unpaired) electrons. The normalized spacial score (nSPS) is 15.8. The van der Waals surface area contributed by atoms with Crippen molar-refractivity contribution < 1.29 is 13.9 Å². The number of aryl methyl sites for hydroxylation is 1. The highest BCUT2D eigenvalue weighted by Gasteiger charge is 2.19. The second-order valence-electron chi connectivity index (χ2n) is 13.0. The van der Waals surface area contributed by atoms with Crippen molar-refractivity contribution in [2.45, 2.75) is 86.5 Å². The maximum Gasteiger partial charge on any atom is 0.295 e. The van der Waals surface area contributed by atoms with Gasteiger partial charge < -0.3 is 24.2 Å². The quantitative estimate of drug-likeness (QED) is 0.165. The second kappa shape index (κ2) is 18.5. The molecule has 2 atom stereocenters. The highest BCUT2D eigenvalue weighted by molar-refractivity contribution is 5.75. The molecule has 2 unspecified atom stereocenters. The van der Waals surface area contributed by atoms with E-state index in [9.17, 15) is 4.79 Å². The van der Waals surface area contributed by atoms with Crippen LogP contribution in [-0.4, -0.2) is 49.5 Å². The number of aldehydes is 1. The SMILES string of the molecule is CC(C)(C)C.CCC(C)C=O.CN1CCC(CNc2nc3ccc(CCCCCCOc4ccccc4)cc3o2)C1. The number of carbonyl (C=O) groups is 1. The van der Waals surface area contributed by atoms with Crippen LogP contribution in [0.1, 0.15) is 85.6 Å². The summed E-state index contributed by atoms with van der Waals surface area (Å²) in [6, 6.07) is 17.1. The van der Waals surface area contributed by atoms with E-state index >= 15 is 0 Å². The van der Waals surface area contributed by atoms with Crippen molar-refractivity contribution in [2.24, 2.45) is 17.3 Å². The Bertz CT molecular complexity index is 1100. The first-order valence-corrected chi connectivity index (χ1v) is 15.5. The summed E-state index contributed by atoms with van der Waals surface area (Å²) >= 11 is 0. The van der Waals surface area contributed by atoms with Crippen LogP contribution in [-0.2, 0) is 11.2 Å². The summed E-state index contributed by atoms with van der Waals surface area (Å²) < 4.78 is 11.7. The predicted molar refractivity (Wildman–Crippen MR) is 173 cm³/mol. The summed E-state index contributed by atoms with van der Waals surface area (Å²) in [5.74, 6) is 1.89. The monoisotopic (exact) mass is 565 g/mol. The Hall–Kier alpha value is -2.86. The maximum absolute atomic E-state index is 9.74. The van der Waals surface area contributed by atoms with Gasteiger partial charge in [0.25, 0.3) is 6.01 Å². The van der Waals surface area contributed by atoms with E-state index in [0.29, 0.717) is 17.3 Å². The number of para-hydroxylation sites is 1. The summed E-state index contributed by atoms with van der Waals surface area (Å²) in [6.45, 7) is 16.7. The van der Waals surface area contributed by atoms with Crippen molar-refractivity contribution >= 4 is 23.4 Å². The van der Waals surface area contributed by atoms with E-state index < -0.39 is 0 Å². The van der Waals surface area contributed by atoms with E-state index in [4.69, 9.17) is 9.15 Å². The zero-order chi connectivity index (χ0) is 30.1. The lowest BCUT2D eigenvalue weighted by Crippen LogP contribution is -2.19. The summed E-state index contributed by atoms with van der Waals surface area (Å²) in [4.78, 5) is 16.7. The van der Waals surface area contributed by atoms with Crippen molar-refractivity contribution in [3.8, 4) is 5.75 Å². The number of anilines is 1. The Morgan fingerprint density at radius 2 is 1.80 bits per heavy atom. The molecule has 1 aromatic heterocycles. The molecule has 0 spiro atoms. The molecule has 2 heterocycles. The van der Waals surface area contributed by atoms with Crippen molar-refractivity contribution in [3.63, 3.8) is 0 Å². The van der Waals surface area contributed by atoms with Crippen molar-refractivity contribution in [3.05, 3.63) is 54.1 Å². The van der Waals surface area contributed by atoms with Crippen LogP contribution in [0.3, 0.4) is 0 Å². The first kappa shape index (κ1) is 34.3. The largest absolute Gasteiger partial charge is 0.494 e. The third kappa shape index (κ3) is 15.6. The molecule has 3 aromatic rings. The summed E-state index contributed by atoms with van der Waals surface area (Å²) in [5, 5.41) is 3.38. The minimum atomic E-state index is 0.255. The van der Waals surface area contributed by atoms with Crippen molar-refractivity contribution in [1.82, 2.24) is 9.88 Å². The molecule has 0 bridgehead atoms. The Morgan fingerprint density at radius 3 is 2.41 bits per heavy atom. The van der Waals surface area contributed by atoms with Gasteiger partial charge in [-0.05, 0) is 86.9 Å². The average Bonchev–Trinajstić information content (AvgIpc) is 3.55. The van der Waals surface area contributed by atoms with Gasteiger partial charge in [0.15, 0.2) is 5.58 Å². The molecule has 4 rings (SSSR count). The number of fused-ring (bicyclic) bond motifs is 1. The number of aromatic nitrogens is 1. The molecule has 0 aliphatic carbocycles. The lowest BCUT2D eigenvalue weighted by atomic mass is 10.0. The zero-order valence-corrected chi connectivity index (χ0v) is 26.7. The number of rotatable bonds is 13. The third-order valence-corrected chi connectivity index (χ3v) is 6.73. The molecule has 6 heteroatoms. The zero-order valence-electron chi connectivity index (χ0n) is 26.7. The standard InChI is InChI=1S/C25H33N3O2.C5H10O.C5H12/c1-28-15-14-21(19-28)18-26-25-27-23-13-12-20(17-24(23)30-25)9-5-2-3-8-16-29-22-10-6-4-7-11-22;1-3-5(2)4-6;1-5(2,3)4/h4,6-7,10-13,17,21H,2-3,5,8-9,14-16,18-19H2,1H3,(H,26,27);4-5H,3H2,1-2H3;1-4H3. The fourth-order valence-electron chi connectivity index (χ4n) is 4.21. The molecule has 1 aliphatic rings. The number of carbonyl (C=O) groups excluding carboxylic acids is 1. The number of nitrogens with zero attached hydrogens (tertiary/aromatic N) is 2. The van der Waals surface area contributed by atoms with Crippen LogP contribution in [0.2, 0.25) is 0 Å². The van der Waals surface area contributed by atoms with Crippen LogP contribution >= 0.6 is 0 Å². The molecule has 1 saturated heterocycles. The number of hydrogen-bond acceptors (Lipinski definition) is 6. The van der Waals surface area contributed by atoms with Crippen LogP contribution in [0.15, 0.2) is 52.9 Å². The van der Waals surface area contributed by atoms with Gasteiger partial charge in [-0.15, -0.1) is 0 Å². The lowest BCUT2D eigenvalue weighted by Gasteiger charge is -2.09. The van der Waals surface area contributed by atoms with Gasteiger partial charge >= 0.3 is 0 Å². The molecule has 228 valence electrons. The van der Waals surface area contributed by atoms with E-state index in [0.717, 1.165) is 62.1 Å². The molecule has 1 N–H and O–H groups in total. The summed E-state index contributed by atoms with van der Waals surface area (Å²) in [6.07, 6.45) is 8.95.